The SMILES string of the molecule is Nc1nc(NCc2ccc(-c3ccccc3O)cc2)c2nc(C3CCCC3)[nH]c2n1. The Kier molecular flexibility index (Phi) is 4.71. The fraction of sp³-hybridized carbons (Fsp3) is 0.261. The summed E-state index contributed by atoms with van der Waals surface area (Å²) in [7, 11) is 0. The van der Waals surface area contributed by atoms with Crippen LogP contribution in [0.5, 0.6) is 5.75 Å². The van der Waals surface area contributed by atoms with E-state index in [9.17, 15) is 5.11 Å². The van der Waals surface area contributed by atoms with E-state index in [-0.39, 0.29) is 11.7 Å². The lowest BCUT2D eigenvalue weighted by atomic mass is 10.0. The van der Waals surface area contributed by atoms with Gasteiger partial charge >= 0.3 is 0 Å². The fourth-order valence-electron chi connectivity index (χ4n) is 4.16. The minimum Gasteiger partial charge on any atom is -0.507 e. The van der Waals surface area contributed by atoms with Gasteiger partial charge in [0.1, 0.15) is 11.6 Å². The zero-order chi connectivity index (χ0) is 20.5. The van der Waals surface area contributed by atoms with Crippen LogP contribution in [0.25, 0.3) is 22.3 Å². The van der Waals surface area contributed by atoms with Crippen molar-refractivity contribution in [2.45, 2.75) is 38.1 Å². The quantitative estimate of drug-likeness (QED) is 0.390. The highest BCUT2D eigenvalue weighted by Gasteiger charge is 2.22. The van der Waals surface area contributed by atoms with Gasteiger partial charge in [-0.05, 0) is 30.0 Å². The van der Waals surface area contributed by atoms with Crippen LogP contribution in [-0.4, -0.2) is 25.0 Å². The Balaban J connectivity index is 1.36. The van der Waals surface area contributed by atoms with Gasteiger partial charge in [0.2, 0.25) is 5.95 Å². The second-order valence-electron chi connectivity index (χ2n) is 7.80. The van der Waals surface area contributed by atoms with Crippen molar-refractivity contribution >= 4 is 22.9 Å². The van der Waals surface area contributed by atoms with Gasteiger partial charge < -0.3 is 21.1 Å². The van der Waals surface area contributed by atoms with E-state index in [0.29, 0.717) is 23.9 Å². The van der Waals surface area contributed by atoms with E-state index in [0.717, 1.165) is 40.9 Å². The Bertz CT molecular complexity index is 1180. The summed E-state index contributed by atoms with van der Waals surface area (Å²) >= 11 is 0. The minimum absolute atomic E-state index is 0.224. The zero-order valence-corrected chi connectivity index (χ0v) is 16.6. The molecule has 2 heterocycles. The predicted molar refractivity (Wildman–Crippen MR) is 118 cm³/mol. The predicted octanol–water partition coefficient (Wildman–Crippen LogP) is 4.58. The van der Waals surface area contributed by atoms with Gasteiger partial charge in [0.25, 0.3) is 0 Å². The van der Waals surface area contributed by atoms with Crippen molar-refractivity contribution < 1.29 is 5.11 Å². The van der Waals surface area contributed by atoms with Crippen molar-refractivity contribution in [3.63, 3.8) is 0 Å². The monoisotopic (exact) mass is 400 g/mol. The van der Waals surface area contributed by atoms with Crippen molar-refractivity contribution in [3.8, 4) is 16.9 Å². The minimum atomic E-state index is 0.224. The van der Waals surface area contributed by atoms with Gasteiger partial charge in [0.05, 0.1) is 0 Å². The third kappa shape index (κ3) is 3.54. The van der Waals surface area contributed by atoms with E-state index in [1.807, 2.05) is 42.5 Å². The number of aromatic nitrogens is 4. The molecule has 1 aliphatic carbocycles. The Morgan fingerprint density at radius 2 is 1.77 bits per heavy atom. The number of benzene rings is 2. The summed E-state index contributed by atoms with van der Waals surface area (Å²) in [5.41, 5.74) is 10.2. The van der Waals surface area contributed by atoms with Crippen LogP contribution in [0.2, 0.25) is 0 Å². The Morgan fingerprint density at radius 3 is 2.53 bits per heavy atom. The van der Waals surface area contributed by atoms with Crippen LogP contribution in [0.15, 0.2) is 48.5 Å². The molecule has 1 fully saturated rings. The summed E-state index contributed by atoms with van der Waals surface area (Å²) in [6.07, 6.45) is 4.82. The molecule has 0 radical (unpaired) electrons. The van der Waals surface area contributed by atoms with E-state index >= 15 is 0 Å². The van der Waals surface area contributed by atoms with Crippen LogP contribution in [0, 0.1) is 0 Å². The topological polar surface area (TPSA) is 113 Å². The molecule has 5 N–H and O–H groups in total. The average Bonchev–Trinajstić information content (AvgIpc) is 3.42. The Morgan fingerprint density at radius 1 is 1.00 bits per heavy atom. The maximum absolute atomic E-state index is 10.0. The lowest BCUT2D eigenvalue weighted by molar-refractivity contribution is 0.477. The highest BCUT2D eigenvalue weighted by molar-refractivity contribution is 5.84. The lowest BCUT2D eigenvalue weighted by Gasteiger charge is -2.09. The molecular weight excluding hydrogens is 376 g/mol. The molecular formula is C23H24N6O. The number of aromatic amines is 1. The van der Waals surface area contributed by atoms with Crippen molar-refractivity contribution in [1.82, 2.24) is 19.9 Å². The highest BCUT2D eigenvalue weighted by atomic mass is 16.3. The van der Waals surface area contributed by atoms with Crippen molar-refractivity contribution in [2.24, 2.45) is 0 Å². The second kappa shape index (κ2) is 7.67. The Labute approximate surface area is 174 Å². The van der Waals surface area contributed by atoms with E-state index < -0.39 is 0 Å². The number of nitrogens with zero attached hydrogens (tertiary/aromatic N) is 3. The molecule has 0 saturated heterocycles. The summed E-state index contributed by atoms with van der Waals surface area (Å²) < 4.78 is 0. The van der Waals surface area contributed by atoms with E-state index in [1.54, 1.807) is 6.07 Å². The van der Waals surface area contributed by atoms with Gasteiger partial charge in [-0.15, -0.1) is 0 Å². The molecule has 2 aromatic carbocycles. The number of rotatable bonds is 5. The van der Waals surface area contributed by atoms with Crippen LogP contribution in [0.1, 0.15) is 43.0 Å². The number of nitrogens with one attached hydrogen (secondary N) is 2. The van der Waals surface area contributed by atoms with Gasteiger partial charge in [-0.3, -0.25) is 0 Å². The second-order valence-corrected chi connectivity index (χ2v) is 7.80. The number of fused-ring (bicyclic) bond motifs is 1. The van der Waals surface area contributed by atoms with Crippen LogP contribution in [0.3, 0.4) is 0 Å². The summed E-state index contributed by atoms with van der Waals surface area (Å²) in [6.45, 7) is 0.582. The largest absolute Gasteiger partial charge is 0.507 e. The van der Waals surface area contributed by atoms with Crippen LogP contribution in [0.4, 0.5) is 11.8 Å². The molecule has 1 aliphatic rings. The number of anilines is 2. The molecule has 30 heavy (non-hydrogen) atoms. The van der Waals surface area contributed by atoms with Crippen molar-refractivity contribution in [1.29, 1.82) is 0 Å². The maximum atomic E-state index is 10.0. The van der Waals surface area contributed by atoms with Gasteiger partial charge in [0, 0.05) is 18.0 Å². The first-order valence-corrected chi connectivity index (χ1v) is 10.3. The van der Waals surface area contributed by atoms with Crippen molar-refractivity contribution in [3.05, 3.63) is 59.9 Å². The van der Waals surface area contributed by atoms with E-state index in [4.69, 9.17) is 10.7 Å². The summed E-state index contributed by atoms with van der Waals surface area (Å²) in [5, 5.41) is 13.4. The number of nitrogens with two attached hydrogens (primary N) is 1. The molecule has 0 unspecified atom stereocenters. The van der Waals surface area contributed by atoms with E-state index in [2.05, 4.69) is 20.3 Å². The Hall–Kier alpha value is -3.61. The molecule has 1 saturated carbocycles. The molecule has 0 bridgehead atoms. The number of hydrogen-bond donors (Lipinski definition) is 4. The van der Waals surface area contributed by atoms with Crippen LogP contribution in [-0.2, 0) is 6.54 Å². The summed E-state index contributed by atoms with van der Waals surface area (Å²) in [5.74, 6) is 2.59. The van der Waals surface area contributed by atoms with Gasteiger partial charge in [0.15, 0.2) is 17.0 Å². The number of phenolic OH excluding ortho intramolecular Hbond substituents is 1. The summed E-state index contributed by atoms with van der Waals surface area (Å²) in [4.78, 5) is 16.8. The number of hydrogen-bond acceptors (Lipinski definition) is 6. The molecule has 4 aromatic rings. The van der Waals surface area contributed by atoms with Gasteiger partial charge in [-0.25, -0.2) is 4.98 Å². The first-order valence-electron chi connectivity index (χ1n) is 10.3. The van der Waals surface area contributed by atoms with Gasteiger partial charge in [-0.2, -0.15) is 9.97 Å². The third-order valence-electron chi connectivity index (χ3n) is 5.75. The number of phenols is 1. The number of aromatic hydroxyl groups is 1. The smallest absolute Gasteiger partial charge is 0.224 e. The fourth-order valence-corrected chi connectivity index (χ4v) is 4.16. The zero-order valence-electron chi connectivity index (χ0n) is 16.6. The molecule has 0 amide bonds. The van der Waals surface area contributed by atoms with Crippen LogP contribution < -0.4 is 11.1 Å². The lowest BCUT2D eigenvalue weighted by Crippen LogP contribution is -2.05. The molecule has 5 rings (SSSR count). The highest BCUT2D eigenvalue weighted by Crippen LogP contribution is 2.34. The van der Waals surface area contributed by atoms with Gasteiger partial charge in [-0.1, -0.05) is 55.3 Å². The molecule has 0 spiro atoms. The molecule has 152 valence electrons. The molecule has 7 heteroatoms. The molecule has 0 atom stereocenters. The third-order valence-corrected chi connectivity index (χ3v) is 5.75. The first kappa shape index (κ1) is 18.4. The number of imidazole rings is 1. The molecule has 2 aromatic heterocycles. The summed E-state index contributed by atoms with van der Waals surface area (Å²) in [6, 6.07) is 15.4. The number of para-hydroxylation sites is 1. The number of H-pyrrole nitrogens is 1. The average molecular weight is 400 g/mol. The molecule has 0 aliphatic heterocycles. The van der Waals surface area contributed by atoms with E-state index in [1.165, 1.54) is 12.8 Å². The first-order chi connectivity index (χ1) is 14.7. The molecule has 7 nitrogen and oxygen atoms in total. The van der Waals surface area contributed by atoms with Crippen LogP contribution >= 0.6 is 0 Å². The standard InChI is InChI=1S/C23H24N6O/c24-23-28-21(19-22(29-23)27-20(26-19)16-5-1-2-6-16)25-13-14-9-11-15(12-10-14)17-7-3-4-8-18(17)30/h3-4,7-12,16,30H,1-2,5-6,13H2,(H4,24,25,26,27,28,29). The maximum Gasteiger partial charge on any atom is 0.224 e. The van der Waals surface area contributed by atoms with Crippen molar-refractivity contribution in [2.75, 3.05) is 11.1 Å². The number of nitrogen functional groups attached to an aromatic ring is 1. The normalized spacial score (nSPS) is 14.4.